The molecule has 4 aliphatic rings. The van der Waals surface area contributed by atoms with E-state index in [1.165, 1.54) is 11.1 Å². The van der Waals surface area contributed by atoms with Crippen molar-refractivity contribution in [2.24, 2.45) is 10.8 Å². The van der Waals surface area contributed by atoms with E-state index in [1.807, 2.05) is 0 Å². The molecule has 0 radical (unpaired) electrons. The number of halogens is 2. The minimum atomic E-state index is 0. The van der Waals surface area contributed by atoms with Crippen molar-refractivity contribution in [2.45, 2.75) is 141 Å². The second-order valence-electron chi connectivity index (χ2n) is 16.3. The van der Waals surface area contributed by atoms with E-state index in [9.17, 15) is 0 Å². The van der Waals surface area contributed by atoms with Crippen LogP contribution in [0.2, 0.25) is 0 Å². The van der Waals surface area contributed by atoms with Crippen molar-refractivity contribution < 1.29 is 68.2 Å². The minimum Gasteiger partial charge on any atom is -1.00 e. The molecule has 0 aromatic carbocycles. The van der Waals surface area contributed by atoms with Gasteiger partial charge in [-0.1, -0.05) is 120 Å². The van der Waals surface area contributed by atoms with Gasteiger partial charge in [0.05, 0.1) is 0 Å². The topological polar surface area (TPSA) is 0 Å². The molecule has 0 amide bonds. The Balaban J connectivity index is 0. The molecule has 4 rings (SSSR count). The molecule has 4 aliphatic carbocycles. The molecule has 0 spiro atoms. The fourth-order valence-corrected chi connectivity index (χ4v) is 10.9. The molecule has 0 aromatic rings. The molecule has 2 atom stereocenters. The maximum Gasteiger partial charge on any atom is 2.00 e. The molecule has 0 nitrogen and oxygen atoms in total. The summed E-state index contributed by atoms with van der Waals surface area (Å²) in [5.74, 6) is 0. The van der Waals surface area contributed by atoms with E-state index in [0.717, 1.165) is 38.5 Å². The van der Waals surface area contributed by atoms with E-state index in [4.69, 9.17) is 0 Å². The van der Waals surface area contributed by atoms with E-state index in [2.05, 4.69) is 180 Å². The summed E-state index contributed by atoms with van der Waals surface area (Å²) in [5.41, 5.74) is 6.33. The minimum absolute atomic E-state index is 0. The molecule has 0 aromatic heterocycles. The van der Waals surface area contributed by atoms with Crippen LogP contribution < -0.4 is 24.8 Å². The number of hydrogen-bond donors (Lipinski definition) is 0. The van der Waals surface area contributed by atoms with Crippen molar-refractivity contribution in [1.82, 2.24) is 0 Å². The van der Waals surface area contributed by atoms with E-state index in [-0.39, 0.29) is 98.1 Å². The van der Waals surface area contributed by atoms with E-state index >= 15 is 0 Å². The second-order valence-corrected chi connectivity index (χ2v) is 20.7. The van der Waals surface area contributed by atoms with Crippen LogP contribution in [0.25, 0.3) is 0 Å². The Morgan fingerprint density at radius 1 is 0.565 bits per heavy atom. The quantitative estimate of drug-likeness (QED) is 0.223. The maximum atomic E-state index is 3.53. The molecular formula is C40H58Cl2S2Ti2. The van der Waals surface area contributed by atoms with Crippen LogP contribution in [0, 0.1) is 23.0 Å². The van der Waals surface area contributed by atoms with Crippen LogP contribution >= 0.6 is 23.5 Å². The summed E-state index contributed by atoms with van der Waals surface area (Å²) in [4.78, 5) is 0. The summed E-state index contributed by atoms with van der Waals surface area (Å²) in [7, 11) is 0. The van der Waals surface area contributed by atoms with Gasteiger partial charge >= 0.3 is 43.4 Å². The molecule has 0 N–H and O–H groups in total. The first kappa shape index (κ1) is 48.7. The van der Waals surface area contributed by atoms with Gasteiger partial charge in [0.1, 0.15) is 0 Å². The van der Waals surface area contributed by atoms with Gasteiger partial charge < -0.3 is 24.8 Å². The molecule has 0 heterocycles. The third-order valence-electron chi connectivity index (χ3n) is 7.78. The van der Waals surface area contributed by atoms with Gasteiger partial charge in [-0.2, -0.15) is 12.2 Å². The van der Waals surface area contributed by atoms with E-state index < -0.39 is 0 Å². The monoisotopic (exact) mass is 768 g/mol. The molecule has 252 valence electrons. The van der Waals surface area contributed by atoms with Gasteiger partial charge in [0.15, 0.2) is 0 Å². The molecule has 6 heteroatoms. The zero-order chi connectivity index (χ0) is 31.5. The molecule has 2 unspecified atom stereocenters. The number of hydrogen-bond acceptors (Lipinski definition) is 2. The number of rotatable bonds is 6. The summed E-state index contributed by atoms with van der Waals surface area (Å²) < 4.78 is 0.835. The van der Waals surface area contributed by atoms with Gasteiger partial charge in [-0.25, -0.2) is 23.3 Å². The molecular weight excluding hydrogens is 711 g/mol. The van der Waals surface area contributed by atoms with Crippen molar-refractivity contribution in [3.63, 3.8) is 0 Å². The van der Waals surface area contributed by atoms with Gasteiger partial charge in [-0.15, -0.1) is 36.4 Å². The Labute approximate surface area is 335 Å². The smallest absolute Gasteiger partial charge is 1.00 e. The van der Waals surface area contributed by atoms with Crippen LogP contribution in [0.3, 0.4) is 0 Å². The first-order valence-electron chi connectivity index (χ1n) is 15.9. The van der Waals surface area contributed by atoms with Gasteiger partial charge in [0.25, 0.3) is 0 Å². The van der Waals surface area contributed by atoms with Crippen molar-refractivity contribution in [3.8, 4) is 0 Å². The van der Waals surface area contributed by atoms with Crippen molar-refractivity contribution >= 4 is 23.5 Å². The summed E-state index contributed by atoms with van der Waals surface area (Å²) in [6, 6.07) is 0. The predicted octanol–water partition coefficient (Wildman–Crippen LogP) is 6.54. The van der Waals surface area contributed by atoms with Crippen molar-refractivity contribution in [3.05, 3.63) is 95.2 Å². The van der Waals surface area contributed by atoms with Crippen molar-refractivity contribution in [2.75, 3.05) is 0 Å². The van der Waals surface area contributed by atoms with Crippen LogP contribution in [-0.4, -0.2) is 19.0 Å². The average molecular weight is 770 g/mol. The third kappa shape index (κ3) is 14.5. The van der Waals surface area contributed by atoms with Crippen LogP contribution in [0.1, 0.15) is 122 Å². The zero-order valence-electron chi connectivity index (χ0n) is 30.6. The zero-order valence-corrected chi connectivity index (χ0v) is 36.9. The van der Waals surface area contributed by atoms with Gasteiger partial charge in [-0.05, 0) is 47.7 Å². The van der Waals surface area contributed by atoms with E-state index in [1.54, 1.807) is 11.1 Å². The standard InChI is InChI=1S/2C20H29S.2ClH.2Ti/c2*1-18(2,3)17-13-9-10-14-20(17,21-19(4,5)6)15-16-11-7-8-12-16;;;;/h2*7,9-11,13H,8,14-15H2,1-6H3;2*1H;;/q2*-1;;;2*+2/p-2. The molecule has 0 bridgehead atoms. The fourth-order valence-electron chi connectivity index (χ4n) is 6.77. The van der Waals surface area contributed by atoms with Crippen LogP contribution in [0.15, 0.2) is 83.1 Å². The summed E-state index contributed by atoms with van der Waals surface area (Å²) >= 11 is 4.27. The molecule has 0 saturated heterocycles. The van der Waals surface area contributed by atoms with Crippen LogP contribution in [0.4, 0.5) is 0 Å². The summed E-state index contributed by atoms with van der Waals surface area (Å²) in [5, 5.41) is 0. The Morgan fingerprint density at radius 3 is 1.13 bits per heavy atom. The largest absolute Gasteiger partial charge is 2.00 e. The maximum absolute atomic E-state index is 3.53. The van der Waals surface area contributed by atoms with Crippen molar-refractivity contribution in [1.29, 1.82) is 0 Å². The second kappa shape index (κ2) is 19.3. The fraction of sp³-hybridized carbons (Fsp3) is 0.600. The first-order chi connectivity index (χ1) is 19.2. The van der Waals surface area contributed by atoms with Gasteiger partial charge in [-0.3, -0.25) is 12.2 Å². The van der Waals surface area contributed by atoms with Crippen LogP contribution in [0.5, 0.6) is 0 Å². The Kier molecular flexibility index (Phi) is 20.4. The first-order valence-corrected chi connectivity index (χ1v) is 17.6. The number of thioether (sulfide) groups is 2. The Bertz CT molecular complexity index is 1130. The number of allylic oxidation sites excluding steroid dienone is 14. The van der Waals surface area contributed by atoms with Gasteiger partial charge in [0.2, 0.25) is 0 Å². The molecule has 0 saturated carbocycles. The third-order valence-corrected chi connectivity index (χ3v) is 10.8. The molecule has 46 heavy (non-hydrogen) atoms. The average Bonchev–Trinajstić information content (AvgIpc) is 3.50. The summed E-state index contributed by atoms with van der Waals surface area (Å²) in [6.07, 6.45) is 36.3. The molecule has 0 fully saturated rings. The molecule has 0 aliphatic heterocycles. The SMILES string of the molecule is CC(C)(C)SC1(CC2=[C-]CC=C2)CC=CC=C1C(C)(C)C.CC(C)(C)SC1(CC2=[C-]CC=C2)CC=CC=C1C(C)(C)C.[Cl-].[Cl-].[Ti+2].[Ti+2]. The normalized spacial score (nSPS) is 23.7. The van der Waals surface area contributed by atoms with E-state index in [0.29, 0.717) is 0 Å². The van der Waals surface area contributed by atoms with Gasteiger partial charge in [0, 0.05) is 19.0 Å². The Hall–Kier alpha value is 0.629. The Morgan fingerprint density at radius 2 is 0.891 bits per heavy atom. The predicted molar refractivity (Wildman–Crippen MR) is 193 cm³/mol. The summed E-state index contributed by atoms with van der Waals surface area (Å²) in [6.45, 7) is 28.1. The van der Waals surface area contributed by atoms with Crippen LogP contribution in [-0.2, 0) is 43.4 Å².